The molecule has 1 aliphatic rings. The van der Waals surface area contributed by atoms with Gasteiger partial charge in [0, 0.05) is 28.6 Å². The number of carbonyl (C=O) groups excluding carboxylic acids is 3. The van der Waals surface area contributed by atoms with E-state index < -0.39 is 65.4 Å². The molecule has 0 bridgehead atoms. The minimum atomic E-state index is -1.34. The maximum atomic E-state index is 15.1. The van der Waals surface area contributed by atoms with Gasteiger partial charge in [0.1, 0.15) is 30.3 Å². The van der Waals surface area contributed by atoms with Crippen molar-refractivity contribution in [3.8, 4) is 16.2 Å². The number of aliphatic hydroxyl groups is 2. The monoisotopic (exact) mass is 808 g/mol. The van der Waals surface area contributed by atoms with Crippen LogP contribution in [0.3, 0.4) is 0 Å². The number of nitrogens with one attached hydrogen (secondary N) is 3. The molecular formula is C42H50ClFN4O7S. The Morgan fingerprint density at radius 1 is 1.04 bits per heavy atom. The van der Waals surface area contributed by atoms with Crippen molar-refractivity contribution in [3.63, 3.8) is 0 Å². The van der Waals surface area contributed by atoms with Crippen molar-refractivity contribution in [2.24, 2.45) is 11.3 Å². The number of nitrogens with zero attached hydrogens (tertiary/aromatic N) is 1. The highest BCUT2D eigenvalue weighted by atomic mass is 35.5. The first-order valence-electron chi connectivity index (χ1n) is 18.6. The van der Waals surface area contributed by atoms with Crippen molar-refractivity contribution in [3.05, 3.63) is 105 Å². The van der Waals surface area contributed by atoms with Crippen LogP contribution in [0, 0.1) is 17.2 Å². The highest BCUT2D eigenvalue weighted by molar-refractivity contribution is 7.15. The Bertz CT molecular complexity index is 1990. The third-order valence-corrected chi connectivity index (χ3v) is 11.4. The number of hydrogen-bond acceptors (Lipinski definition) is 9. The molecule has 0 spiro atoms. The number of amides is 3. The zero-order chi connectivity index (χ0) is 40.7. The average molecular weight is 809 g/mol. The lowest BCUT2D eigenvalue weighted by atomic mass is 9.85. The molecule has 1 aliphatic heterocycles. The Labute approximate surface area is 336 Å². The van der Waals surface area contributed by atoms with E-state index in [9.17, 15) is 24.6 Å². The van der Waals surface area contributed by atoms with Gasteiger partial charge in [-0.2, -0.15) is 0 Å². The van der Waals surface area contributed by atoms with Crippen LogP contribution in [0.5, 0.6) is 5.75 Å². The number of fused-ring (bicyclic) bond motifs is 1. The summed E-state index contributed by atoms with van der Waals surface area (Å²) in [4.78, 5) is 46.0. The Balaban J connectivity index is 1.45. The lowest BCUT2D eigenvalue weighted by Crippen LogP contribution is -2.57. The van der Waals surface area contributed by atoms with Crippen molar-refractivity contribution < 1.29 is 38.5 Å². The molecule has 6 atom stereocenters. The summed E-state index contributed by atoms with van der Waals surface area (Å²) in [5.74, 6) is -1.91. The summed E-state index contributed by atoms with van der Waals surface area (Å²) < 4.78 is 25.5. The van der Waals surface area contributed by atoms with Gasteiger partial charge in [-0.05, 0) is 65.6 Å². The predicted octanol–water partition coefficient (Wildman–Crippen LogP) is 6.74. The number of alkyl carbamates (subject to hydrolysis) is 1. The van der Waals surface area contributed by atoms with E-state index in [1.54, 1.807) is 68.5 Å². The number of aromatic nitrogens is 1. The van der Waals surface area contributed by atoms with Gasteiger partial charge < -0.3 is 35.6 Å². The van der Waals surface area contributed by atoms with Crippen molar-refractivity contribution in [2.45, 2.75) is 90.1 Å². The number of carbonyl (C=O) groups is 3. The van der Waals surface area contributed by atoms with E-state index in [1.807, 2.05) is 30.5 Å². The fourth-order valence-corrected chi connectivity index (χ4v) is 7.74. The summed E-state index contributed by atoms with van der Waals surface area (Å²) in [6, 6.07) is 15.8. The summed E-state index contributed by atoms with van der Waals surface area (Å²) in [6.07, 6.45) is -1.54. The SMILES string of the molecule is COC(=O)N[C@H](C(=O)N[C@@H](Cc1ccc(-c2cnc(C(C)C)s2)cc1)[C@@H](O)C[C@@H](Cc1ccccc1F)C(=O)N[C@H]1c2cc(Cl)ccc2OC[C@H]1O)C(C)(C)C. The number of benzene rings is 3. The zero-order valence-electron chi connectivity index (χ0n) is 32.3. The van der Waals surface area contributed by atoms with Crippen LogP contribution in [0.1, 0.15) is 74.7 Å². The standard InChI is InChI=1S/C42H50ClFN4O7S/c1-23(2)40-45-21-35(56-40)25-13-11-24(12-14-25)17-31(46-39(52)37(42(3,4)5)48-41(53)54-6)32(49)19-27(18-26-9-7-8-10-30(26)44)38(51)47-36-29-20-28(43)15-16-34(29)55-22-33(36)50/h7-16,20-21,23,27,31-33,36-37,49-50H,17-19,22H2,1-6H3,(H,46,52)(H,47,51)(H,48,53)/t27-,31+,32+,33-,36+,37-/m1/s1. The number of aliphatic hydroxyl groups excluding tert-OH is 2. The molecule has 0 aliphatic carbocycles. The highest BCUT2D eigenvalue weighted by Gasteiger charge is 2.38. The lowest BCUT2D eigenvalue weighted by Gasteiger charge is -2.34. The fourth-order valence-electron chi connectivity index (χ4n) is 6.63. The van der Waals surface area contributed by atoms with Gasteiger partial charge in [-0.1, -0.05) is 88.7 Å². The smallest absolute Gasteiger partial charge is 0.407 e. The zero-order valence-corrected chi connectivity index (χ0v) is 33.9. The van der Waals surface area contributed by atoms with Crippen LogP contribution in [0.4, 0.5) is 9.18 Å². The molecule has 0 radical (unpaired) electrons. The molecule has 3 aromatic carbocycles. The first-order chi connectivity index (χ1) is 26.5. The maximum absolute atomic E-state index is 15.1. The topological polar surface area (TPSA) is 159 Å². The Morgan fingerprint density at radius 2 is 1.75 bits per heavy atom. The van der Waals surface area contributed by atoms with Crippen molar-refractivity contribution in [1.29, 1.82) is 0 Å². The van der Waals surface area contributed by atoms with Crippen LogP contribution in [-0.2, 0) is 27.2 Å². The summed E-state index contributed by atoms with van der Waals surface area (Å²) >= 11 is 7.89. The number of thiazole rings is 1. The molecule has 1 aromatic heterocycles. The van der Waals surface area contributed by atoms with Crippen molar-refractivity contribution in [1.82, 2.24) is 20.9 Å². The molecule has 11 nitrogen and oxygen atoms in total. The van der Waals surface area contributed by atoms with Crippen LogP contribution < -0.4 is 20.7 Å². The molecule has 0 saturated heterocycles. The molecule has 3 amide bonds. The van der Waals surface area contributed by atoms with Gasteiger partial charge in [-0.3, -0.25) is 9.59 Å². The number of hydrogen-bond donors (Lipinski definition) is 5. The third kappa shape index (κ3) is 10.8. The second-order valence-electron chi connectivity index (χ2n) is 15.5. The second-order valence-corrected chi connectivity index (χ2v) is 17.0. The molecule has 0 fully saturated rings. The van der Waals surface area contributed by atoms with Crippen LogP contribution in [0.15, 0.2) is 72.9 Å². The van der Waals surface area contributed by atoms with E-state index in [0.717, 1.165) is 21.0 Å². The van der Waals surface area contributed by atoms with Crippen LogP contribution in [0.25, 0.3) is 10.4 Å². The highest BCUT2D eigenvalue weighted by Crippen LogP contribution is 2.35. The summed E-state index contributed by atoms with van der Waals surface area (Å²) in [7, 11) is 1.20. The molecule has 300 valence electrons. The molecule has 2 heterocycles. The fraction of sp³-hybridized carbons (Fsp3) is 0.429. The summed E-state index contributed by atoms with van der Waals surface area (Å²) in [5, 5.41) is 32.8. The van der Waals surface area contributed by atoms with Gasteiger partial charge in [0.05, 0.1) is 35.2 Å². The van der Waals surface area contributed by atoms with Crippen LogP contribution in [0.2, 0.25) is 5.02 Å². The van der Waals surface area contributed by atoms with Gasteiger partial charge in [-0.15, -0.1) is 11.3 Å². The van der Waals surface area contributed by atoms with E-state index in [2.05, 4.69) is 34.8 Å². The first kappa shape index (κ1) is 42.6. The molecule has 5 N–H and O–H groups in total. The molecular weight excluding hydrogens is 759 g/mol. The van der Waals surface area contributed by atoms with E-state index in [1.165, 1.54) is 13.2 Å². The third-order valence-electron chi connectivity index (χ3n) is 9.80. The van der Waals surface area contributed by atoms with Gasteiger partial charge in [0.15, 0.2) is 0 Å². The Kier molecular flexibility index (Phi) is 14.1. The van der Waals surface area contributed by atoms with E-state index in [4.69, 9.17) is 21.1 Å². The number of ether oxygens (including phenoxy) is 2. The predicted molar refractivity (Wildman–Crippen MR) is 214 cm³/mol. The average Bonchev–Trinajstić information content (AvgIpc) is 3.66. The van der Waals surface area contributed by atoms with Gasteiger partial charge in [0.25, 0.3) is 0 Å². The van der Waals surface area contributed by atoms with E-state index in [0.29, 0.717) is 22.3 Å². The Morgan fingerprint density at radius 3 is 2.39 bits per heavy atom. The quantitative estimate of drug-likeness (QED) is 0.0937. The first-order valence-corrected chi connectivity index (χ1v) is 19.8. The summed E-state index contributed by atoms with van der Waals surface area (Å²) in [6.45, 7) is 9.45. The molecule has 4 aromatic rings. The number of methoxy groups -OCH3 is 1. The van der Waals surface area contributed by atoms with Crippen molar-refractivity contribution in [2.75, 3.05) is 13.7 Å². The summed E-state index contributed by atoms with van der Waals surface area (Å²) in [5.41, 5.74) is 1.73. The minimum absolute atomic E-state index is 0.0798. The number of rotatable bonds is 14. The lowest BCUT2D eigenvalue weighted by molar-refractivity contribution is -0.128. The minimum Gasteiger partial charge on any atom is -0.490 e. The number of halogens is 2. The molecule has 0 saturated carbocycles. The molecule has 0 unspecified atom stereocenters. The molecule has 5 rings (SSSR count). The largest absolute Gasteiger partial charge is 0.490 e. The Hall–Kier alpha value is -4.56. The van der Waals surface area contributed by atoms with Crippen LogP contribution in [-0.4, -0.2) is 71.1 Å². The normalized spacial score (nSPS) is 17.5. The van der Waals surface area contributed by atoms with E-state index >= 15 is 4.39 Å². The van der Waals surface area contributed by atoms with E-state index in [-0.39, 0.29) is 31.4 Å². The maximum Gasteiger partial charge on any atom is 0.407 e. The molecule has 56 heavy (non-hydrogen) atoms. The molecule has 14 heteroatoms. The van der Waals surface area contributed by atoms with Crippen LogP contribution >= 0.6 is 22.9 Å². The van der Waals surface area contributed by atoms with Gasteiger partial charge >= 0.3 is 6.09 Å². The van der Waals surface area contributed by atoms with Crippen molar-refractivity contribution >= 4 is 40.8 Å². The van der Waals surface area contributed by atoms with Gasteiger partial charge in [-0.25, -0.2) is 14.2 Å². The second kappa shape index (κ2) is 18.6. The van der Waals surface area contributed by atoms with Gasteiger partial charge in [0.2, 0.25) is 11.8 Å².